The van der Waals surface area contributed by atoms with Gasteiger partial charge < -0.3 is 10.2 Å². The maximum atomic E-state index is 13.1. The van der Waals surface area contributed by atoms with Crippen molar-refractivity contribution < 1.29 is 9.59 Å². The van der Waals surface area contributed by atoms with Crippen molar-refractivity contribution in [3.63, 3.8) is 0 Å². The second-order valence-electron chi connectivity index (χ2n) is 7.52. The lowest BCUT2D eigenvalue weighted by molar-refractivity contribution is -0.135. The molecule has 0 bridgehead atoms. The van der Waals surface area contributed by atoms with E-state index in [0.29, 0.717) is 13.1 Å². The molecule has 4 heteroatoms. The fourth-order valence-electron chi connectivity index (χ4n) is 3.68. The van der Waals surface area contributed by atoms with Gasteiger partial charge in [-0.1, -0.05) is 74.5 Å². The molecule has 2 amide bonds. The van der Waals surface area contributed by atoms with Crippen LogP contribution in [-0.2, 0) is 9.59 Å². The Labute approximate surface area is 161 Å². The Kier molecular flexibility index (Phi) is 6.28. The highest BCUT2D eigenvalue weighted by molar-refractivity contribution is 5.87. The van der Waals surface area contributed by atoms with Gasteiger partial charge in [-0.05, 0) is 24.0 Å². The van der Waals surface area contributed by atoms with Gasteiger partial charge in [0.15, 0.2) is 0 Å². The van der Waals surface area contributed by atoms with E-state index < -0.39 is 0 Å². The molecule has 0 radical (unpaired) electrons. The molecule has 4 nitrogen and oxygen atoms in total. The highest BCUT2D eigenvalue weighted by Gasteiger charge is 2.28. The molecular formula is C23H28N2O2. The summed E-state index contributed by atoms with van der Waals surface area (Å²) >= 11 is 0. The van der Waals surface area contributed by atoms with Crippen LogP contribution in [0.2, 0.25) is 0 Å². The Bertz CT molecular complexity index is 711. The molecule has 0 unspecified atom stereocenters. The van der Waals surface area contributed by atoms with Crippen molar-refractivity contribution in [2.75, 3.05) is 13.1 Å². The molecule has 142 valence electrons. The average molecular weight is 364 g/mol. The first-order valence-corrected chi connectivity index (χ1v) is 9.75. The summed E-state index contributed by atoms with van der Waals surface area (Å²) in [4.78, 5) is 27.2. The molecule has 1 heterocycles. The Hall–Kier alpha value is -2.62. The van der Waals surface area contributed by atoms with Crippen molar-refractivity contribution in [1.29, 1.82) is 0 Å². The maximum Gasteiger partial charge on any atom is 0.232 e. The lowest BCUT2D eigenvalue weighted by Crippen LogP contribution is -2.48. The van der Waals surface area contributed by atoms with Crippen LogP contribution < -0.4 is 5.32 Å². The molecule has 1 N–H and O–H groups in total. The SMILES string of the molecule is CC(C)C(=O)N1CCC(NC(=O)C(c2ccccc2)c2ccccc2)CC1. The average Bonchev–Trinajstić information content (AvgIpc) is 2.70. The number of nitrogens with zero attached hydrogens (tertiary/aromatic N) is 1. The zero-order chi connectivity index (χ0) is 19.2. The molecular weight excluding hydrogens is 336 g/mol. The van der Waals surface area contributed by atoms with E-state index in [1.165, 1.54) is 0 Å². The Balaban J connectivity index is 1.69. The standard InChI is InChI=1S/C23H28N2O2/c1-17(2)23(27)25-15-13-20(14-16-25)24-22(26)21(18-9-5-3-6-10-18)19-11-7-4-8-12-19/h3-12,17,20-21H,13-16H2,1-2H3,(H,24,26). The van der Waals surface area contributed by atoms with Gasteiger partial charge in [-0.2, -0.15) is 0 Å². The molecule has 3 rings (SSSR count). The van der Waals surface area contributed by atoms with Gasteiger partial charge in [0.2, 0.25) is 11.8 Å². The number of hydrogen-bond donors (Lipinski definition) is 1. The van der Waals surface area contributed by atoms with E-state index in [2.05, 4.69) is 5.32 Å². The van der Waals surface area contributed by atoms with Crippen LogP contribution in [-0.4, -0.2) is 35.8 Å². The zero-order valence-electron chi connectivity index (χ0n) is 16.1. The maximum absolute atomic E-state index is 13.1. The fraction of sp³-hybridized carbons (Fsp3) is 0.391. The van der Waals surface area contributed by atoms with Crippen molar-refractivity contribution in [2.24, 2.45) is 5.92 Å². The summed E-state index contributed by atoms with van der Waals surface area (Å²) in [6, 6.07) is 19.9. The number of carbonyl (C=O) groups is 2. The van der Waals surface area contributed by atoms with Gasteiger partial charge in [0.1, 0.15) is 0 Å². The van der Waals surface area contributed by atoms with Gasteiger partial charge >= 0.3 is 0 Å². The van der Waals surface area contributed by atoms with E-state index in [4.69, 9.17) is 0 Å². The summed E-state index contributed by atoms with van der Waals surface area (Å²) in [6.07, 6.45) is 1.61. The fourth-order valence-corrected chi connectivity index (χ4v) is 3.68. The summed E-state index contributed by atoms with van der Waals surface area (Å²) < 4.78 is 0. The van der Waals surface area contributed by atoms with Crippen LogP contribution in [0.25, 0.3) is 0 Å². The van der Waals surface area contributed by atoms with Gasteiger partial charge in [-0.3, -0.25) is 9.59 Å². The first kappa shape index (κ1) is 19.2. The highest BCUT2D eigenvalue weighted by atomic mass is 16.2. The first-order valence-electron chi connectivity index (χ1n) is 9.75. The van der Waals surface area contributed by atoms with Crippen LogP contribution >= 0.6 is 0 Å². The number of hydrogen-bond acceptors (Lipinski definition) is 2. The normalized spacial score (nSPS) is 15.2. The molecule has 0 aliphatic carbocycles. The van der Waals surface area contributed by atoms with Crippen LogP contribution in [0.1, 0.15) is 43.7 Å². The summed E-state index contributed by atoms with van der Waals surface area (Å²) in [7, 11) is 0. The Morgan fingerprint density at radius 1 is 0.889 bits per heavy atom. The summed E-state index contributed by atoms with van der Waals surface area (Å²) in [5.41, 5.74) is 1.99. The highest BCUT2D eigenvalue weighted by Crippen LogP contribution is 2.25. The number of piperidine rings is 1. The van der Waals surface area contributed by atoms with Crippen molar-refractivity contribution >= 4 is 11.8 Å². The van der Waals surface area contributed by atoms with E-state index in [9.17, 15) is 9.59 Å². The number of nitrogens with one attached hydrogen (secondary N) is 1. The van der Waals surface area contributed by atoms with Gasteiger partial charge in [-0.15, -0.1) is 0 Å². The smallest absolute Gasteiger partial charge is 0.232 e. The Morgan fingerprint density at radius 3 is 1.81 bits per heavy atom. The molecule has 0 saturated carbocycles. The minimum atomic E-state index is -0.317. The topological polar surface area (TPSA) is 49.4 Å². The third kappa shape index (κ3) is 4.76. The predicted molar refractivity (Wildman–Crippen MR) is 107 cm³/mol. The van der Waals surface area contributed by atoms with Crippen LogP contribution in [0.4, 0.5) is 0 Å². The summed E-state index contributed by atoms with van der Waals surface area (Å²) in [5, 5.41) is 3.23. The van der Waals surface area contributed by atoms with E-state index in [1.54, 1.807) is 0 Å². The van der Waals surface area contributed by atoms with Crippen molar-refractivity contribution in [2.45, 2.75) is 38.6 Å². The zero-order valence-corrected chi connectivity index (χ0v) is 16.1. The molecule has 2 aromatic rings. The summed E-state index contributed by atoms with van der Waals surface area (Å²) in [5.74, 6) is -0.0633. The summed E-state index contributed by atoms with van der Waals surface area (Å²) in [6.45, 7) is 5.29. The van der Waals surface area contributed by atoms with E-state index in [1.807, 2.05) is 79.4 Å². The molecule has 1 saturated heterocycles. The van der Waals surface area contributed by atoms with Crippen LogP contribution in [0.5, 0.6) is 0 Å². The molecule has 1 aliphatic heterocycles. The van der Waals surface area contributed by atoms with Gasteiger partial charge in [0, 0.05) is 25.0 Å². The van der Waals surface area contributed by atoms with Crippen LogP contribution in [0.3, 0.4) is 0 Å². The molecule has 0 spiro atoms. The lowest BCUT2D eigenvalue weighted by atomic mass is 9.90. The third-order valence-corrected chi connectivity index (χ3v) is 5.17. The minimum Gasteiger partial charge on any atom is -0.352 e. The molecule has 0 aromatic heterocycles. The van der Waals surface area contributed by atoms with Gasteiger partial charge in [0.05, 0.1) is 5.92 Å². The van der Waals surface area contributed by atoms with Crippen LogP contribution in [0.15, 0.2) is 60.7 Å². The predicted octanol–water partition coefficient (Wildman–Crippen LogP) is 3.58. The van der Waals surface area contributed by atoms with Gasteiger partial charge in [-0.25, -0.2) is 0 Å². The molecule has 1 aliphatic rings. The van der Waals surface area contributed by atoms with E-state index >= 15 is 0 Å². The van der Waals surface area contributed by atoms with Crippen molar-refractivity contribution in [3.8, 4) is 0 Å². The van der Waals surface area contributed by atoms with Gasteiger partial charge in [0.25, 0.3) is 0 Å². The number of benzene rings is 2. The molecule has 0 atom stereocenters. The van der Waals surface area contributed by atoms with Crippen LogP contribution in [0, 0.1) is 5.92 Å². The quantitative estimate of drug-likeness (QED) is 0.882. The third-order valence-electron chi connectivity index (χ3n) is 5.17. The van der Waals surface area contributed by atoms with E-state index in [-0.39, 0.29) is 29.7 Å². The largest absolute Gasteiger partial charge is 0.352 e. The molecule has 2 aromatic carbocycles. The molecule has 27 heavy (non-hydrogen) atoms. The van der Waals surface area contributed by atoms with Crippen molar-refractivity contribution in [1.82, 2.24) is 10.2 Å². The first-order chi connectivity index (χ1) is 13.1. The minimum absolute atomic E-state index is 0.0247. The van der Waals surface area contributed by atoms with Crippen molar-refractivity contribution in [3.05, 3.63) is 71.8 Å². The molecule has 1 fully saturated rings. The lowest BCUT2D eigenvalue weighted by Gasteiger charge is -2.34. The Morgan fingerprint density at radius 2 is 1.37 bits per heavy atom. The second kappa shape index (κ2) is 8.85. The number of carbonyl (C=O) groups excluding carboxylic acids is 2. The monoisotopic (exact) mass is 364 g/mol. The number of amides is 2. The number of rotatable bonds is 5. The van der Waals surface area contributed by atoms with E-state index in [0.717, 1.165) is 24.0 Å². The second-order valence-corrected chi connectivity index (χ2v) is 7.52. The number of likely N-dealkylation sites (tertiary alicyclic amines) is 1.